The number of benzene rings is 1. The first-order valence-corrected chi connectivity index (χ1v) is 8.08. The fourth-order valence-electron chi connectivity index (χ4n) is 2.53. The number of carbonyl (C=O) groups is 1. The number of nitrogens with one attached hydrogen (secondary N) is 2. The van der Waals surface area contributed by atoms with E-state index in [0.29, 0.717) is 5.13 Å². The van der Waals surface area contributed by atoms with Gasteiger partial charge in [0.25, 0.3) is 0 Å². The van der Waals surface area contributed by atoms with E-state index in [1.54, 1.807) is 0 Å². The zero-order chi connectivity index (χ0) is 14.8. The maximum absolute atomic E-state index is 12.3. The largest absolute Gasteiger partial charge is 0.314 e. The summed E-state index contributed by atoms with van der Waals surface area (Å²) in [5.74, 6) is 0.0210. The van der Waals surface area contributed by atoms with Gasteiger partial charge in [0.05, 0.1) is 16.3 Å². The number of rotatable bonds is 3. The van der Waals surface area contributed by atoms with E-state index in [1.165, 1.54) is 16.9 Å². The lowest BCUT2D eigenvalue weighted by Gasteiger charge is -2.31. The molecule has 1 aliphatic heterocycles. The van der Waals surface area contributed by atoms with Crippen LogP contribution in [0.25, 0.3) is 10.2 Å². The van der Waals surface area contributed by atoms with Crippen molar-refractivity contribution >= 4 is 32.6 Å². The van der Waals surface area contributed by atoms with E-state index in [2.05, 4.69) is 33.5 Å². The number of hydrogen-bond donors (Lipinski definition) is 2. The molecule has 1 fully saturated rings. The standard InChI is InChI=1S/C15H20N4OS/c1-10-3-4-12-13(9-10)21-15(17-12)18-14(20)11(2)19-7-5-16-6-8-19/h3-4,9,11,16H,5-8H2,1-2H3,(H,17,18,20). The number of aromatic nitrogens is 1. The van der Waals surface area contributed by atoms with Crippen molar-refractivity contribution < 1.29 is 4.79 Å². The van der Waals surface area contributed by atoms with E-state index in [0.717, 1.165) is 36.4 Å². The molecule has 1 amide bonds. The minimum absolute atomic E-state index is 0.0210. The second-order valence-electron chi connectivity index (χ2n) is 5.44. The van der Waals surface area contributed by atoms with Crippen LogP contribution in [0, 0.1) is 6.92 Å². The fraction of sp³-hybridized carbons (Fsp3) is 0.467. The summed E-state index contributed by atoms with van der Waals surface area (Å²) in [6.45, 7) is 7.72. The third-order valence-electron chi connectivity index (χ3n) is 3.85. The molecule has 1 aromatic heterocycles. The van der Waals surface area contributed by atoms with Gasteiger partial charge < -0.3 is 10.6 Å². The maximum Gasteiger partial charge on any atom is 0.243 e. The molecule has 2 N–H and O–H groups in total. The van der Waals surface area contributed by atoms with E-state index < -0.39 is 0 Å². The van der Waals surface area contributed by atoms with Gasteiger partial charge in [-0.25, -0.2) is 4.98 Å². The Morgan fingerprint density at radius 3 is 2.95 bits per heavy atom. The molecule has 1 aromatic carbocycles. The highest BCUT2D eigenvalue weighted by atomic mass is 32.1. The van der Waals surface area contributed by atoms with Crippen LogP contribution < -0.4 is 10.6 Å². The second kappa shape index (κ2) is 6.09. The van der Waals surface area contributed by atoms with Crippen molar-refractivity contribution in [1.82, 2.24) is 15.2 Å². The number of anilines is 1. The summed E-state index contributed by atoms with van der Waals surface area (Å²) in [6.07, 6.45) is 0. The van der Waals surface area contributed by atoms with Crippen molar-refractivity contribution in [2.75, 3.05) is 31.5 Å². The Bertz CT molecular complexity index is 648. The van der Waals surface area contributed by atoms with Crippen molar-refractivity contribution in [1.29, 1.82) is 0 Å². The number of amides is 1. The third-order valence-corrected chi connectivity index (χ3v) is 4.79. The van der Waals surface area contributed by atoms with Gasteiger partial charge in [-0.1, -0.05) is 17.4 Å². The molecule has 5 nitrogen and oxygen atoms in total. The average Bonchev–Trinajstić information content (AvgIpc) is 2.88. The molecule has 0 bridgehead atoms. The zero-order valence-corrected chi connectivity index (χ0v) is 13.2. The lowest BCUT2D eigenvalue weighted by atomic mass is 10.2. The maximum atomic E-state index is 12.3. The Labute approximate surface area is 128 Å². The third kappa shape index (κ3) is 3.23. The van der Waals surface area contributed by atoms with Crippen LogP contribution in [0.5, 0.6) is 0 Å². The number of nitrogens with zero attached hydrogens (tertiary/aromatic N) is 2. The predicted octanol–water partition coefficient (Wildman–Crippen LogP) is 1.84. The molecule has 2 aromatic rings. The van der Waals surface area contributed by atoms with Gasteiger partial charge in [0.15, 0.2) is 5.13 Å². The summed E-state index contributed by atoms with van der Waals surface area (Å²) in [5.41, 5.74) is 2.15. The first-order valence-electron chi connectivity index (χ1n) is 7.26. The van der Waals surface area contributed by atoms with Crippen LogP contribution in [0.1, 0.15) is 12.5 Å². The molecule has 0 spiro atoms. The molecule has 21 heavy (non-hydrogen) atoms. The van der Waals surface area contributed by atoms with Gasteiger partial charge in [0, 0.05) is 26.2 Å². The van der Waals surface area contributed by atoms with Gasteiger partial charge in [-0.05, 0) is 31.5 Å². The highest BCUT2D eigenvalue weighted by Crippen LogP contribution is 2.26. The van der Waals surface area contributed by atoms with Crippen LogP contribution in [0.2, 0.25) is 0 Å². The number of fused-ring (bicyclic) bond motifs is 1. The van der Waals surface area contributed by atoms with Gasteiger partial charge in [-0.2, -0.15) is 0 Å². The van der Waals surface area contributed by atoms with E-state index >= 15 is 0 Å². The van der Waals surface area contributed by atoms with Gasteiger partial charge in [0.1, 0.15) is 0 Å². The molecular formula is C15H20N4OS. The molecule has 2 heterocycles. The summed E-state index contributed by atoms with van der Waals surface area (Å²) in [4.78, 5) is 19.0. The highest BCUT2D eigenvalue weighted by Gasteiger charge is 2.23. The van der Waals surface area contributed by atoms with Gasteiger partial charge in [-0.3, -0.25) is 9.69 Å². The number of carbonyl (C=O) groups excluding carboxylic acids is 1. The van der Waals surface area contributed by atoms with E-state index in [4.69, 9.17) is 0 Å². The predicted molar refractivity (Wildman–Crippen MR) is 86.9 cm³/mol. The van der Waals surface area contributed by atoms with Crippen LogP contribution in [-0.2, 0) is 4.79 Å². The molecule has 1 saturated heterocycles. The summed E-state index contributed by atoms with van der Waals surface area (Å²) in [6, 6.07) is 6.01. The summed E-state index contributed by atoms with van der Waals surface area (Å²) >= 11 is 1.53. The average molecular weight is 304 g/mol. The zero-order valence-electron chi connectivity index (χ0n) is 12.3. The Kier molecular flexibility index (Phi) is 4.19. The molecule has 0 saturated carbocycles. The van der Waals surface area contributed by atoms with Crippen molar-refractivity contribution in [3.05, 3.63) is 23.8 Å². The molecule has 0 aliphatic carbocycles. The lowest BCUT2D eigenvalue weighted by molar-refractivity contribution is -0.120. The first-order chi connectivity index (χ1) is 10.1. The van der Waals surface area contributed by atoms with E-state index in [9.17, 15) is 4.79 Å². The van der Waals surface area contributed by atoms with Crippen LogP contribution >= 0.6 is 11.3 Å². The molecule has 1 atom stereocenters. The van der Waals surface area contributed by atoms with Gasteiger partial charge >= 0.3 is 0 Å². The molecule has 1 unspecified atom stereocenters. The van der Waals surface area contributed by atoms with Gasteiger partial charge in [-0.15, -0.1) is 0 Å². The van der Waals surface area contributed by atoms with Crippen LogP contribution in [-0.4, -0.2) is 48.0 Å². The highest BCUT2D eigenvalue weighted by molar-refractivity contribution is 7.22. The molecule has 0 radical (unpaired) electrons. The second-order valence-corrected chi connectivity index (χ2v) is 6.47. The van der Waals surface area contributed by atoms with Crippen molar-refractivity contribution in [3.63, 3.8) is 0 Å². The molecule has 3 rings (SSSR count). The van der Waals surface area contributed by atoms with Crippen LogP contribution in [0.15, 0.2) is 18.2 Å². The minimum Gasteiger partial charge on any atom is -0.314 e. The van der Waals surface area contributed by atoms with Crippen molar-refractivity contribution in [3.8, 4) is 0 Å². The van der Waals surface area contributed by atoms with Crippen molar-refractivity contribution in [2.24, 2.45) is 0 Å². The minimum atomic E-state index is -0.124. The van der Waals surface area contributed by atoms with E-state index in [-0.39, 0.29) is 11.9 Å². The quantitative estimate of drug-likeness (QED) is 0.908. The SMILES string of the molecule is Cc1ccc2nc(NC(=O)C(C)N3CCNCC3)sc2c1. The smallest absolute Gasteiger partial charge is 0.243 e. The number of piperazine rings is 1. The van der Waals surface area contributed by atoms with Crippen molar-refractivity contribution in [2.45, 2.75) is 19.9 Å². The number of aryl methyl sites for hydroxylation is 1. The number of thiazole rings is 1. The Morgan fingerprint density at radius 2 is 2.19 bits per heavy atom. The first kappa shape index (κ1) is 14.4. The van der Waals surface area contributed by atoms with Crippen LogP contribution in [0.4, 0.5) is 5.13 Å². The molecule has 1 aliphatic rings. The topological polar surface area (TPSA) is 57.3 Å². The van der Waals surface area contributed by atoms with Crippen LogP contribution in [0.3, 0.4) is 0 Å². The Hall–Kier alpha value is -1.50. The fourth-order valence-corrected chi connectivity index (χ4v) is 3.50. The Balaban J connectivity index is 1.70. The lowest BCUT2D eigenvalue weighted by Crippen LogP contribution is -2.51. The van der Waals surface area contributed by atoms with Gasteiger partial charge in [0.2, 0.25) is 5.91 Å². The molecule has 112 valence electrons. The van der Waals surface area contributed by atoms with E-state index in [1.807, 2.05) is 19.1 Å². The summed E-state index contributed by atoms with van der Waals surface area (Å²) in [5, 5.41) is 6.93. The summed E-state index contributed by atoms with van der Waals surface area (Å²) < 4.78 is 1.11. The number of hydrogen-bond acceptors (Lipinski definition) is 5. The monoisotopic (exact) mass is 304 g/mol. The Morgan fingerprint density at radius 1 is 1.43 bits per heavy atom. The normalized spacial score (nSPS) is 17.8. The molecule has 6 heteroatoms. The summed E-state index contributed by atoms with van der Waals surface area (Å²) in [7, 11) is 0. The molecular weight excluding hydrogens is 284 g/mol.